The maximum absolute atomic E-state index is 2.46. The number of hydrogen-bond acceptors (Lipinski definition) is 2. The molecule has 570 valence electrons. The third-order valence-electron chi connectivity index (χ3n) is 24.8. The van der Waals surface area contributed by atoms with Gasteiger partial charge < -0.3 is 18.9 Å². The summed E-state index contributed by atoms with van der Waals surface area (Å²) >= 11 is 0. The predicted molar refractivity (Wildman–Crippen MR) is 518 cm³/mol. The van der Waals surface area contributed by atoms with Crippen LogP contribution in [-0.2, 0) is 0 Å². The third kappa shape index (κ3) is 12.6. The highest BCUT2D eigenvalue weighted by Crippen LogP contribution is 2.50. The second-order valence-corrected chi connectivity index (χ2v) is 31.9. The molecule has 0 atom stereocenters. The van der Waals surface area contributed by atoms with E-state index in [4.69, 9.17) is 0 Å². The molecule has 0 spiro atoms. The highest BCUT2D eigenvalue weighted by atomic mass is 15.1. The molecule has 23 aromatic rings. The van der Waals surface area contributed by atoms with Crippen LogP contribution < -0.4 is 9.80 Å². The second kappa shape index (κ2) is 30.1. The van der Waals surface area contributed by atoms with Crippen LogP contribution in [0.1, 0.15) is 0 Å². The van der Waals surface area contributed by atoms with Crippen molar-refractivity contribution in [2.45, 2.75) is 0 Å². The molecule has 21 aromatic carbocycles. The van der Waals surface area contributed by atoms with E-state index in [0.29, 0.717) is 0 Å². The van der Waals surface area contributed by atoms with Crippen LogP contribution in [0.15, 0.2) is 473 Å². The molecule has 2 aromatic heterocycles. The smallest absolute Gasteiger partial charge is 0.0625 e. The van der Waals surface area contributed by atoms with Crippen molar-refractivity contribution in [2.24, 2.45) is 0 Å². The number of nitrogens with zero attached hydrogens (tertiary/aromatic N) is 4. The van der Waals surface area contributed by atoms with Gasteiger partial charge in [0.1, 0.15) is 0 Å². The fourth-order valence-corrected chi connectivity index (χ4v) is 19.0. The van der Waals surface area contributed by atoms with Crippen LogP contribution in [-0.4, -0.2) is 9.13 Å². The fraction of sp³-hybridized carbons (Fsp3) is 0. The first kappa shape index (κ1) is 71.2. The van der Waals surface area contributed by atoms with Crippen LogP contribution in [0.2, 0.25) is 0 Å². The lowest BCUT2D eigenvalue weighted by Gasteiger charge is -2.28. The van der Waals surface area contributed by atoms with E-state index in [1.165, 1.54) is 126 Å². The third-order valence-corrected chi connectivity index (χ3v) is 24.8. The molecule has 0 amide bonds. The molecular formula is C118H78N4. The largest absolute Gasteiger partial charge is 0.310 e. The molecule has 0 aliphatic carbocycles. The van der Waals surface area contributed by atoms with Gasteiger partial charge in [0.05, 0.1) is 27.8 Å². The zero-order valence-electron chi connectivity index (χ0n) is 66.8. The molecule has 0 radical (unpaired) electrons. The lowest BCUT2D eigenvalue weighted by molar-refractivity contribution is 1.19. The molecule has 0 saturated carbocycles. The Hall–Kier alpha value is -16.1. The quantitative estimate of drug-likeness (QED) is 0.0959. The summed E-state index contributed by atoms with van der Waals surface area (Å²) in [4.78, 5) is 4.86. The van der Waals surface area contributed by atoms with E-state index >= 15 is 0 Å². The first-order valence-corrected chi connectivity index (χ1v) is 42.0. The summed E-state index contributed by atoms with van der Waals surface area (Å²) in [5.74, 6) is 0. The minimum Gasteiger partial charge on any atom is -0.310 e. The Labute approximate surface area is 708 Å². The van der Waals surface area contributed by atoms with Gasteiger partial charge in [0.25, 0.3) is 0 Å². The molecule has 0 N–H and O–H groups in total. The molecular weight excluding hydrogens is 1470 g/mol. The van der Waals surface area contributed by atoms with Crippen molar-refractivity contribution in [3.05, 3.63) is 473 Å². The molecule has 0 unspecified atom stereocenters. The maximum atomic E-state index is 2.46. The van der Waals surface area contributed by atoms with Crippen molar-refractivity contribution in [3.63, 3.8) is 0 Å². The van der Waals surface area contributed by atoms with Gasteiger partial charge in [-0.25, -0.2) is 0 Å². The van der Waals surface area contributed by atoms with E-state index in [1.54, 1.807) is 0 Å². The molecule has 0 aliphatic rings. The molecule has 0 bridgehead atoms. The van der Waals surface area contributed by atoms with Crippen molar-refractivity contribution in [1.82, 2.24) is 9.13 Å². The summed E-state index contributed by atoms with van der Waals surface area (Å²) in [6, 6.07) is 174. The van der Waals surface area contributed by atoms with Gasteiger partial charge in [-0.1, -0.05) is 334 Å². The van der Waals surface area contributed by atoms with E-state index in [1.807, 2.05) is 0 Å². The van der Waals surface area contributed by atoms with Crippen molar-refractivity contribution in [1.29, 1.82) is 0 Å². The van der Waals surface area contributed by atoms with Gasteiger partial charge >= 0.3 is 0 Å². The Bertz CT molecular complexity index is 7950. The van der Waals surface area contributed by atoms with E-state index in [-0.39, 0.29) is 0 Å². The molecule has 0 fully saturated rings. The molecule has 0 saturated heterocycles. The number of rotatable bonds is 16. The Morgan fingerprint density at radius 3 is 1.01 bits per heavy atom. The standard InChI is InChI=1S/C118H78N4/c1-5-27-79(28-6-1)80-51-53-81(54-52-80)82-59-65-98(66-60-82)119(101-40-25-34-90(74-101)110-76-92-32-14-17-44-105(92)117-115(110)107-46-20-23-49-113(107)121(117)96-36-9-3-10-37-96)99-67-63-84(64-68-99)95-73-89-31-13-16-42-103(89)109(78-95)94-58-57-87-71-86(55-56-88(87)72-94)83-61-69-100(70-62-83)120(112-48-22-19-43-104(112)85-29-7-2-8-30-85)102-41-26-35-91(75-102)111-77-93-33-15-18-45-106(93)118-116(111)108-47-21-24-50-114(108)122(118)97-38-11-4-12-39-97/h1-78H. The molecule has 0 aliphatic heterocycles. The van der Waals surface area contributed by atoms with Crippen LogP contribution in [0.3, 0.4) is 0 Å². The van der Waals surface area contributed by atoms with Crippen LogP contribution >= 0.6 is 0 Å². The Balaban J connectivity index is 0.586. The lowest BCUT2D eigenvalue weighted by atomic mass is 9.91. The van der Waals surface area contributed by atoms with Gasteiger partial charge in [0.2, 0.25) is 0 Å². The average Bonchev–Trinajstić information content (AvgIpc) is 1.56. The summed E-state index contributed by atoms with van der Waals surface area (Å²) in [6.07, 6.45) is 0. The number of anilines is 6. The van der Waals surface area contributed by atoms with Crippen molar-refractivity contribution >= 4 is 121 Å². The Morgan fingerprint density at radius 1 is 0.156 bits per heavy atom. The van der Waals surface area contributed by atoms with Crippen LogP contribution in [0.4, 0.5) is 34.1 Å². The van der Waals surface area contributed by atoms with Gasteiger partial charge in [-0.2, -0.15) is 0 Å². The Kier molecular flexibility index (Phi) is 17.6. The summed E-state index contributed by atoms with van der Waals surface area (Å²) in [5, 5.41) is 14.5. The highest BCUT2D eigenvalue weighted by molar-refractivity contribution is 6.26. The first-order valence-electron chi connectivity index (χ1n) is 42.0. The van der Waals surface area contributed by atoms with Gasteiger partial charge in [0, 0.05) is 77.7 Å². The minimum absolute atomic E-state index is 1.05. The van der Waals surface area contributed by atoms with Crippen molar-refractivity contribution < 1.29 is 0 Å². The highest BCUT2D eigenvalue weighted by Gasteiger charge is 2.26. The summed E-state index contributed by atoms with van der Waals surface area (Å²) in [7, 11) is 0. The van der Waals surface area contributed by atoms with E-state index in [2.05, 4.69) is 492 Å². The summed E-state index contributed by atoms with van der Waals surface area (Å²) < 4.78 is 4.91. The minimum atomic E-state index is 1.05. The van der Waals surface area contributed by atoms with E-state index in [9.17, 15) is 0 Å². The average molecular weight is 1550 g/mol. The molecule has 23 rings (SSSR count). The molecule has 122 heavy (non-hydrogen) atoms. The normalized spacial score (nSPS) is 11.6. The number of aromatic nitrogens is 2. The summed E-state index contributed by atoms with van der Waals surface area (Å²) in [6.45, 7) is 0. The van der Waals surface area contributed by atoms with Crippen LogP contribution in [0, 0.1) is 0 Å². The summed E-state index contributed by atoms with van der Waals surface area (Å²) in [5.41, 5.74) is 32.1. The van der Waals surface area contributed by atoms with Gasteiger partial charge in [-0.05, 0) is 255 Å². The van der Waals surface area contributed by atoms with Crippen molar-refractivity contribution in [2.75, 3.05) is 9.80 Å². The van der Waals surface area contributed by atoms with Gasteiger partial charge in [-0.3, -0.25) is 0 Å². The molecule has 2 heterocycles. The van der Waals surface area contributed by atoms with Gasteiger partial charge in [-0.15, -0.1) is 0 Å². The fourth-order valence-electron chi connectivity index (χ4n) is 19.0. The van der Waals surface area contributed by atoms with E-state index in [0.717, 1.165) is 95.6 Å². The zero-order valence-corrected chi connectivity index (χ0v) is 66.8. The van der Waals surface area contributed by atoms with Gasteiger partial charge in [0.15, 0.2) is 0 Å². The first-order chi connectivity index (χ1) is 60.5. The van der Waals surface area contributed by atoms with Crippen LogP contribution in [0.5, 0.6) is 0 Å². The monoisotopic (exact) mass is 1550 g/mol. The number of hydrogen-bond donors (Lipinski definition) is 0. The Morgan fingerprint density at radius 2 is 0.492 bits per heavy atom. The topological polar surface area (TPSA) is 16.3 Å². The lowest BCUT2D eigenvalue weighted by Crippen LogP contribution is -2.11. The molecule has 4 heteroatoms. The van der Waals surface area contributed by atoms with Crippen LogP contribution in [0.25, 0.3) is 187 Å². The predicted octanol–water partition coefficient (Wildman–Crippen LogP) is 32.8. The maximum Gasteiger partial charge on any atom is 0.0625 e. The van der Waals surface area contributed by atoms with E-state index < -0.39 is 0 Å². The number of benzene rings is 21. The SMILES string of the molecule is c1ccc(-c2ccc(-c3ccc(N(c4ccc(-c5cc(-c6ccc7cc(-c8ccc(N(c9cccc(-c%10cc%11ccccc%11c%11c%10c%10ccccc%10n%11-c%10ccccc%10)c9)c9ccccc9-c9ccccc9)cc8)ccc7c6)c6ccccc6c5)cc4)c4cccc(-c5cc6ccccc6c6c5c5ccccc5n6-c5ccccc5)c4)cc3)cc2)cc1. The molecule has 4 nitrogen and oxygen atoms in total. The number of para-hydroxylation sites is 5. The van der Waals surface area contributed by atoms with Crippen molar-refractivity contribution in [3.8, 4) is 100 Å². The number of fused-ring (bicyclic) bond motifs is 12. The zero-order chi connectivity index (χ0) is 80.6. The second-order valence-electron chi connectivity index (χ2n) is 31.9.